The van der Waals surface area contributed by atoms with Crippen molar-refractivity contribution in [3.63, 3.8) is 0 Å². The zero-order chi connectivity index (χ0) is 27.2. The van der Waals surface area contributed by atoms with Gasteiger partial charge in [0.1, 0.15) is 86.3 Å². The van der Waals surface area contributed by atoms with E-state index in [-0.39, 0.29) is 18.3 Å². The van der Waals surface area contributed by atoms with Crippen LogP contribution in [0.4, 0.5) is 0 Å². The molecule has 0 unspecified atom stereocenters. The lowest BCUT2D eigenvalue weighted by Gasteiger charge is -2.32. The summed E-state index contributed by atoms with van der Waals surface area (Å²) in [6, 6.07) is 0. The summed E-state index contributed by atoms with van der Waals surface area (Å²) in [5, 5.41) is 2.87. The van der Waals surface area contributed by atoms with Crippen LogP contribution in [0.25, 0.3) is 21.9 Å². The highest BCUT2D eigenvalue weighted by atomic mass is 16.7. The van der Waals surface area contributed by atoms with Crippen LogP contribution < -0.4 is 65.6 Å². The van der Waals surface area contributed by atoms with Gasteiger partial charge >= 0.3 is 7.12 Å². The molecule has 1 saturated heterocycles. The molecule has 14 heteroatoms. The van der Waals surface area contributed by atoms with Crippen LogP contribution in [0.5, 0.6) is 0 Å². The molecule has 36 heavy (non-hydrogen) atoms. The highest BCUT2D eigenvalue weighted by Crippen LogP contribution is 2.36. The Morgan fingerprint density at radius 3 is 1.14 bits per heavy atom. The summed E-state index contributed by atoms with van der Waals surface area (Å²) in [4.78, 5) is 0. The van der Waals surface area contributed by atoms with E-state index >= 15 is 0 Å². The molecule has 0 radical (unpaired) electrons. The summed E-state index contributed by atoms with van der Waals surface area (Å²) in [6.45, 7) is 8.52. The SMILES string of the molecule is Bc1c(B)c(-c2c(B)c(B)c3c(B)c(B)c(B)c(B)c3c2B)c(B)c(B)c1B1OC(C)(C)C(C)(C)O1. The molecule has 0 aromatic heterocycles. The van der Waals surface area contributed by atoms with Crippen LogP contribution >= 0.6 is 0 Å². The van der Waals surface area contributed by atoms with E-state index in [0.29, 0.717) is 0 Å². The van der Waals surface area contributed by atoms with Crippen LogP contribution in [-0.4, -0.2) is 105 Å². The summed E-state index contributed by atoms with van der Waals surface area (Å²) >= 11 is 0. The molecule has 0 spiro atoms. The molecule has 0 saturated carbocycles. The summed E-state index contributed by atoms with van der Waals surface area (Å²) < 4.78 is 13.0. The Balaban J connectivity index is 2.07. The lowest BCUT2D eigenvalue weighted by atomic mass is 9.53. The Bertz CT molecular complexity index is 1420. The predicted molar refractivity (Wildman–Crippen MR) is 195 cm³/mol. The van der Waals surface area contributed by atoms with E-state index in [0.717, 1.165) is 0 Å². The van der Waals surface area contributed by atoms with E-state index in [2.05, 4.69) is 114 Å². The maximum Gasteiger partial charge on any atom is 0.493 e. The number of hydrogen-bond donors (Lipinski definition) is 0. The van der Waals surface area contributed by atoms with Crippen LogP contribution in [-0.2, 0) is 9.31 Å². The number of rotatable bonds is 2. The Kier molecular flexibility index (Phi) is 6.79. The van der Waals surface area contributed by atoms with Crippen LogP contribution in [0.3, 0.4) is 0 Å². The quantitative estimate of drug-likeness (QED) is 0.354. The van der Waals surface area contributed by atoms with E-state index < -0.39 is 0 Å². The molecule has 2 nitrogen and oxygen atoms in total. The Morgan fingerprint density at radius 1 is 0.417 bits per heavy atom. The molecule has 1 fully saturated rings. The average Bonchev–Trinajstić information content (AvgIpc) is 3.00. The smallest absolute Gasteiger partial charge is 0.399 e. The first-order valence-electron chi connectivity index (χ1n) is 13.4. The maximum atomic E-state index is 6.52. The lowest BCUT2D eigenvalue weighted by Crippen LogP contribution is -2.62. The minimum absolute atomic E-state index is 0.350. The Hall–Kier alpha value is -1.38. The fourth-order valence-electron chi connectivity index (χ4n) is 6.44. The molecule has 0 aliphatic carbocycles. The summed E-state index contributed by atoms with van der Waals surface area (Å²) in [5.74, 6) is 0. The third kappa shape index (κ3) is 3.72. The van der Waals surface area contributed by atoms with E-state index in [4.69, 9.17) is 9.31 Å². The van der Waals surface area contributed by atoms with Crippen molar-refractivity contribution in [2.24, 2.45) is 0 Å². The first-order chi connectivity index (χ1) is 16.5. The van der Waals surface area contributed by atoms with Crippen molar-refractivity contribution in [3.05, 3.63) is 0 Å². The topological polar surface area (TPSA) is 18.5 Å². The van der Waals surface area contributed by atoms with E-state index in [1.54, 1.807) is 0 Å². The van der Waals surface area contributed by atoms with E-state index in [1.807, 2.05) is 0 Å². The second kappa shape index (κ2) is 8.84. The molecule has 0 bridgehead atoms. The standard InChI is InChI=1S/C22H34B12O2/c1-21(2)22(3,4)36-34(35-21)20-18(32)14(28)8(15(29)19(20)33)5-9(23)6-7(11(25)10(5)24)13(27)17(31)16(30)12(6)26/h23-33H2,1-4H3. The summed E-state index contributed by atoms with van der Waals surface area (Å²) in [5.41, 5.74) is 18.3. The van der Waals surface area contributed by atoms with Gasteiger partial charge < -0.3 is 9.31 Å². The van der Waals surface area contributed by atoms with Crippen molar-refractivity contribution in [1.29, 1.82) is 0 Å². The highest BCUT2D eigenvalue weighted by Gasteiger charge is 2.52. The molecule has 3 aromatic carbocycles. The van der Waals surface area contributed by atoms with Crippen molar-refractivity contribution in [2.45, 2.75) is 38.9 Å². The molecule has 3 aromatic rings. The van der Waals surface area contributed by atoms with Gasteiger partial charge in [0, 0.05) is 0 Å². The molecule has 1 aliphatic heterocycles. The van der Waals surface area contributed by atoms with Crippen LogP contribution in [0.15, 0.2) is 0 Å². The molecule has 170 valence electrons. The van der Waals surface area contributed by atoms with Gasteiger partial charge in [0.2, 0.25) is 0 Å². The minimum atomic E-state index is -0.356. The zero-order valence-corrected chi connectivity index (χ0v) is 25.4. The molecule has 0 N–H and O–H groups in total. The highest BCUT2D eigenvalue weighted by molar-refractivity contribution is 6.78. The maximum absolute atomic E-state index is 6.52. The fourth-order valence-corrected chi connectivity index (χ4v) is 6.44. The third-order valence-corrected chi connectivity index (χ3v) is 10.2. The number of benzene rings is 3. The summed E-state index contributed by atoms with van der Waals surface area (Å²) in [7, 11) is 24.8. The second-order valence-electron chi connectivity index (χ2n) is 12.4. The predicted octanol–water partition coefficient (Wildman–Crippen LogP) is -14.4. The third-order valence-electron chi connectivity index (χ3n) is 10.2. The molecule has 0 amide bonds. The fraction of sp³-hybridized carbons (Fsp3) is 0.273. The minimum Gasteiger partial charge on any atom is -0.399 e. The van der Waals surface area contributed by atoms with Gasteiger partial charge in [-0.15, -0.1) is 10.9 Å². The largest absolute Gasteiger partial charge is 0.493 e. The van der Waals surface area contributed by atoms with Gasteiger partial charge in [0.15, 0.2) is 0 Å². The van der Waals surface area contributed by atoms with Crippen molar-refractivity contribution in [3.8, 4) is 11.1 Å². The number of hydrogen-bond acceptors (Lipinski definition) is 2. The first kappa shape index (κ1) is 27.6. The zero-order valence-electron chi connectivity index (χ0n) is 25.4. The Labute approximate surface area is 228 Å². The van der Waals surface area contributed by atoms with Crippen molar-refractivity contribution < 1.29 is 9.31 Å². The monoisotopic (exact) mass is 462 g/mol. The van der Waals surface area contributed by atoms with E-state index in [1.165, 1.54) is 87.5 Å². The second-order valence-corrected chi connectivity index (χ2v) is 12.4. The molecular weight excluding hydrogens is 426 g/mol. The first-order valence-corrected chi connectivity index (χ1v) is 13.4. The molecular formula is C22H34B12O2. The van der Waals surface area contributed by atoms with Crippen LogP contribution in [0, 0.1) is 0 Å². The van der Waals surface area contributed by atoms with Gasteiger partial charge in [-0.2, -0.15) is 0 Å². The summed E-state index contributed by atoms with van der Waals surface area (Å²) in [6.07, 6.45) is 0. The number of fused-ring (bicyclic) bond motifs is 1. The van der Waals surface area contributed by atoms with E-state index in [9.17, 15) is 0 Å². The van der Waals surface area contributed by atoms with Gasteiger partial charge in [-0.3, -0.25) is 0 Å². The van der Waals surface area contributed by atoms with Gasteiger partial charge in [-0.1, -0.05) is 49.2 Å². The van der Waals surface area contributed by atoms with Gasteiger partial charge in [0.25, 0.3) is 0 Å². The van der Waals surface area contributed by atoms with Crippen molar-refractivity contribution >= 4 is 170 Å². The van der Waals surface area contributed by atoms with Gasteiger partial charge in [0.05, 0.1) is 11.2 Å². The average molecular weight is 460 g/mol. The normalized spacial score (nSPS) is 16.6. The Morgan fingerprint density at radius 2 is 0.722 bits per heavy atom. The molecule has 1 heterocycles. The molecule has 4 rings (SSSR count). The van der Waals surface area contributed by atoms with Crippen molar-refractivity contribution in [1.82, 2.24) is 0 Å². The van der Waals surface area contributed by atoms with Gasteiger partial charge in [-0.05, 0) is 55.1 Å². The molecule has 1 aliphatic rings. The molecule has 0 atom stereocenters. The van der Waals surface area contributed by atoms with Crippen molar-refractivity contribution in [2.75, 3.05) is 0 Å². The van der Waals surface area contributed by atoms with Gasteiger partial charge in [-0.25, -0.2) is 0 Å². The lowest BCUT2D eigenvalue weighted by molar-refractivity contribution is 0.00578. The van der Waals surface area contributed by atoms with Crippen LogP contribution in [0.1, 0.15) is 27.7 Å². The van der Waals surface area contributed by atoms with Crippen LogP contribution in [0.2, 0.25) is 0 Å².